The van der Waals surface area contributed by atoms with Gasteiger partial charge in [-0.05, 0) is 187 Å². The number of hydrogen-bond acceptors (Lipinski definition) is 12. The van der Waals surface area contributed by atoms with Crippen molar-refractivity contribution in [3.8, 4) is 0 Å². The van der Waals surface area contributed by atoms with Gasteiger partial charge >= 0.3 is 11.9 Å². The molecular weight excluding hydrogens is 1530 g/mol. The number of unbranched alkanes of at least 4 members (excludes halogenated alkanes) is 52. The number of carbonyl (C=O) groups excluding carboxylic acids is 4. The molecular formula is C110H220N8O6. The van der Waals surface area contributed by atoms with Gasteiger partial charge in [0.05, 0.1) is 26.3 Å². The number of piperidine rings is 1. The van der Waals surface area contributed by atoms with Crippen LogP contribution < -0.4 is 0 Å². The average molecular weight is 1750 g/mol. The van der Waals surface area contributed by atoms with Crippen molar-refractivity contribution < 1.29 is 28.7 Å². The van der Waals surface area contributed by atoms with Crippen LogP contribution in [0.1, 0.15) is 519 Å². The van der Waals surface area contributed by atoms with Crippen molar-refractivity contribution in [1.29, 1.82) is 0 Å². The molecule has 0 aromatic heterocycles. The van der Waals surface area contributed by atoms with Gasteiger partial charge in [-0.2, -0.15) is 0 Å². The van der Waals surface area contributed by atoms with E-state index in [0.29, 0.717) is 62.8 Å². The van der Waals surface area contributed by atoms with E-state index < -0.39 is 0 Å². The Kier molecular flexibility index (Phi) is 90.6. The van der Waals surface area contributed by atoms with Crippen LogP contribution in [0.3, 0.4) is 0 Å². The Hall–Kier alpha value is -2.36. The van der Waals surface area contributed by atoms with Gasteiger partial charge in [0.2, 0.25) is 11.8 Å². The zero-order valence-electron chi connectivity index (χ0n) is 85.6. The molecule has 14 nitrogen and oxygen atoms in total. The van der Waals surface area contributed by atoms with E-state index in [9.17, 15) is 19.2 Å². The quantitative estimate of drug-likeness (QED) is 0.0427. The predicted octanol–water partition coefficient (Wildman–Crippen LogP) is 29.3. The summed E-state index contributed by atoms with van der Waals surface area (Å²) in [7, 11) is 0. The van der Waals surface area contributed by atoms with Crippen molar-refractivity contribution in [3.05, 3.63) is 0 Å². The lowest BCUT2D eigenvalue weighted by molar-refractivity contribution is -0.144. The van der Waals surface area contributed by atoms with Crippen LogP contribution >= 0.6 is 0 Å². The maximum absolute atomic E-state index is 14.2. The lowest BCUT2D eigenvalue weighted by Gasteiger charge is -2.36. The summed E-state index contributed by atoms with van der Waals surface area (Å²) in [5, 5.41) is 0. The van der Waals surface area contributed by atoms with E-state index in [2.05, 4.69) is 108 Å². The Morgan fingerprint density at radius 2 is 0.468 bits per heavy atom. The smallest absolute Gasteiger partial charge is 0.305 e. The molecule has 0 aromatic rings. The first kappa shape index (κ1) is 120. The molecule has 2 fully saturated rings. The first-order valence-electron chi connectivity index (χ1n) is 56.1. The Morgan fingerprint density at radius 1 is 0.234 bits per heavy atom. The number of carbonyl (C=O) groups is 4. The van der Waals surface area contributed by atoms with Gasteiger partial charge in [0.15, 0.2) is 0 Å². The van der Waals surface area contributed by atoms with Gasteiger partial charge in [-0.3, -0.25) is 29.0 Å². The van der Waals surface area contributed by atoms with E-state index in [0.717, 1.165) is 175 Å². The number of hydrogen-bond donors (Lipinski definition) is 0. The van der Waals surface area contributed by atoms with E-state index in [1.807, 2.05) is 0 Å². The fourth-order valence-corrected chi connectivity index (χ4v) is 18.9. The Balaban J connectivity index is 0.00000124. The number of amides is 2. The van der Waals surface area contributed by atoms with Crippen molar-refractivity contribution in [2.45, 2.75) is 519 Å². The van der Waals surface area contributed by atoms with Gasteiger partial charge in [-0.25, -0.2) is 0 Å². The van der Waals surface area contributed by atoms with Gasteiger partial charge in [0.25, 0.3) is 0 Å². The third kappa shape index (κ3) is 77.3. The predicted molar refractivity (Wildman–Crippen MR) is 541 cm³/mol. The monoisotopic (exact) mass is 1750 g/mol. The summed E-state index contributed by atoms with van der Waals surface area (Å²) in [6, 6.07) is 0. The van der Waals surface area contributed by atoms with Crippen LogP contribution in [0.4, 0.5) is 0 Å². The molecule has 2 atom stereocenters. The van der Waals surface area contributed by atoms with E-state index in [1.54, 1.807) is 0 Å². The molecule has 0 radical (unpaired) electrons. The van der Waals surface area contributed by atoms with Gasteiger partial charge in [-0.15, -0.1) is 0 Å². The highest BCUT2D eigenvalue weighted by atomic mass is 16.5. The number of ether oxygens (including phenoxy) is 2. The van der Waals surface area contributed by atoms with Crippen molar-refractivity contribution in [1.82, 2.24) is 39.2 Å². The molecule has 2 rings (SSSR count). The second-order valence-corrected chi connectivity index (χ2v) is 39.5. The Morgan fingerprint density at radius 3 is 0.782 bits per heavy atom. The lowest BCUT2D eigenvalue weighted by Crippen LogP contribution is -2.47. The second-order valence-electron chi connectivity index (χ2n) is 39.5. The zero-order valence-corrected chi connectivity index (χ0v) is 85.6. The molecule has 2 heterocycles. The highest BCUT2D eigenvalue weighted by molar-refractivity contribution is 5.79. The van der Waals surface area contributed by atoms with Crippen LogP contribution in [0.25, 0.3) is 0 Å². The number of esters is 2. The molecule has 736 valence electrons. The topological polar surface area (TPSA) is 113 Å². The lowest BCUT2D eigenvalue weighted by atomic mass is 9.94. The molecule has 0 aliphatic carbocycles. The molecule has 2 unspecified atom stereocenters. The molecule has 2 amide bonds. The van der Waals surface area contributed by atoms with E-state index >= 15 is 0 Å². The largest absolute Gasteiger partial charge is 0.466 e. The molecule has 124 heavy (non-hydrogen) atoms. The molecule has 0 bridgehead atoms. The third-order valence-corrected chi connectivity index (χ3v) is 27.4. The summed E-state index contributed by atoms with van der Waals surface area (Å²) in [5.74, 6) is 1.73. The van der Waals surface area contributed by atoms with Crippen molar-refractivity contribution >= 4 is 23.8 Å². The summed E-state index contributed by atoms with van der Waals surface area (Å²) < 4.78 is 11.0. The first-order chi connectivity index (χ1) is 60.9. The summed E-state index contributed by atoms with van der Waals surface area (Å²) >= 11 is 0. The minimum absolute atomic E-state index is 0.0292. The maximum Gasteiger partial charge on any atom is 0.305 e. The molecule has 0 aromatic carbocycles. The van der Waals surface area contributed by atoms with Gasteiger partial charge in [-0.1, -0.05) is 403 Å². The normalized spacial score (nSPS) is 14.4. The van der Waals surface area contributed by atoms with Crippen LogP contribution in [0, 0.1) is 11.8 Å². The molecule has 2 aliphatic rings. The molecule has 14 heteroatoms. The highest BCUT2D eigenvalue weighted by Gasteiger charge is 2.30. The van der Waals surface area contributed by atoms with Gasteiger partial charge in [0.1, 0.15) is 0 Å². The Bertz CT molecular complexity index is 2190. The van der Waals surface area contributed by atoms with Crippen molar-refractivity contribution in [2.24, 2.45) is 11.8 Å². The molecule has 0 saturated carbocycles. The number of rotatable bonds is 95. The molecule has 0 spiro atoms. The summed E-state index contributed by atoms with van der Waals surface area (Å²) in [6.07, 6.45) is 88.9. The van der Waals surface area contributed by atoms with E-state index in [4.69, 9.17) is 9.47 Å². The molecule has 2 aliphatic heterocycles. The average Bonchev–Trinajstić information content (AvgIpc) is 1.76. The SMILES string of the molecule is CCCCCCCCCN(CCCC(=O)OCCCCC)CCC1CCCN(C(=O)CN(CCCCCCCCC)CCN(CCCCCCCCC)CCCCCCCCC)C1.CCCCCCCCCN(CCCCCCCCC)CCN(CCCCCCCCC)CC(=O)N1CCC(CN(CCCCCCCCC)CCCC(=O)OCCCCC)C1. The minimum Gasteiger partial charge on any atom is -0.466 e. The Labute approximate surface area is 774 Å². The van der Waals surface area contributed by atoms with Crippen LogP contribution in [0.15, 0.2) is 0 Å². The number of likely N-dealkylation sites (tertiary alicyclic amines) is 2. The van der Waals surface area contributed by atoms with Crippen LogP contribution in [-0.2, 0) is 28.7 Å². The van der Waals surface area contributed by atoms with Crippen LogP contribution in [0.2, 0.25) is 0 Å². The number of nitrogens with zero attached hydrogens (tertiary/aromatic N) is 8. The van der Waals surface area contributed by atoms with Crippen LogP contribution in [0.5, 0.6) is 0 Å². The molecule has 2 saturated heterocycles. The van der Waals surface area contributed by atoms with Crippen molar-refractivity contribution in [3.63, 3.8) is 0 Å². The van der Waals surface area contributed by atoms with Crippen LogP contribution in [-0.4, -0.2) is 220 Å². The maximum atomic E-state index is 14.2. The summed E-state index contributed by atoms with van der Waals surface area (Å²) in [6.45, 7) is 46.1. The second kappa shape index (κ2) is 93.9. The standard InChI is InChI=1S/C56H112N4O3.C54H108N4O3/c1-6-11-16-20-24-28-32-42-57(46-38-40-56(62)63-51-36-15-10-5)48-41-54-39-37-47-60(52-54)55(61)53-59(45-35-31-27-23-19-14-9-4)50-49-58(43-33-29-25-21-17-12-7-2)44-34-30-26-22-18-13-8-3;1-6-11-16-20-24-28-32-40-55(41-33-29-25-21-17-12-7-2)46-47-57(43-35-31-27-23-19-14-9-4)51-53(59)58-45-39-52(50-58)49-56(42-34-30-26-22-18-13-8-3)44-37-38-54(60)61-48-36-15-10-5/h54H,6-53H2,1-5H3;52H,6-51H2,1-5H3. The minimum atomic E-state index is -0.0376. The van der Waals surface area contributed by atoms with Gasteiger partial charge < -0.3 is 38.9 Å². The van der Waals surface area contributed by atoms with Gasteiger partial charge in [0, 0.05) is 71.7 Å². The fraction of sp³-hybridized carbons (Fsp3) is 0.964. The van der Waals surface area contributed by atoms with E-state index in [-0.39, 0.29) is 11.9 Å². The fourth-order valence-electron chi connectivity index (χ4n) is 18.9. The van der Waals surface area contributed by atoms with Crippen molar-refractivity contribution in [2.75, 3.05) is 157 Å². The summed E-state index contributed by atoms with van der Waals surface area (Å²) in [4.78, 5) is 73.5. The zero-order chi connectivity index (χ0) is 90.0. The molecule has 0 N–H and O–H groups in total. The third-order valence-electron chi connectivity index (χ3n) is 27.4. The highest BCUT2D eigenvalue weighted by Crippen LogP contribution is 2.25. The first-order valence-corrected chi connectivity index (χ1v) is 56.1. The van der Waals surface area contributed by atoms with E-state index in [1.165, 1.54) is 392 Å². The summed E-state index contributed by atoms with van der Waals surface area (Å²) in [5.41, 5.74) is 0.